The van der Waals surface area contributed by atoms with Gasteiger partial charge < -0.3 is 10.4 Å². The predicted molar refractivity (Wildman–Crippen MR) is 70.7 cm³/mol. The molecule has 18 heavy (non-hydrogen) atoms. The predicted octanol–water partition coefficient (Wildman–Crippen LogP) is 1.14. The molecule has 0 aromatic carbocycles. The smallest absolute Gasteiger partial charge is 0.323 e. The number of thioether (sulfide) groups is 1. The van der Waals surface area contributed by atoms with E-state index in [1.54, 1.807) is 30.4 Å². The van der Waals surface area contributed by atoms with Gasteiger partial charge in [-0.1, -0.05) is 18.2 Å². The van der Waals surface area contributed by atoms with Crippen molar-refractivity contribution in [2.75, 3.05) is 12.8 Å². The van der Waals surface area contributed by atoms with Gasteiger partial charge in [0.25, 0.3) is 0 Å². The molecule has 1 rings (SSSR count). The van der Waals surface area contributed by atoms with Gasteiger partial charge in [0.1, 0.15) is 11.9 Å². The van der Waals surface area contributed by atoms with Crippen LogP contribution >= 0.6 is 11.8 Å². The first-order valence-electron chi connectivity index (χ1n) is 5.88. The topological polar surface area (TPSA) is 80.0 Å². The van der Waals surface area contributed by atoms with Crippen LogP contribution in [0.3, 0.4) is 0 Å². The average Bonchev–Trinajstić information content (AvgIpc) is 2.74. The van der Waals surface area contributed by atoms with Crippen molar-refractivity contribution in [3.8, 4) is 0 Å². The molecule has 1 unspecified atom stereocenters. The van der Waals surface area contributed by atoms with E-state index in [-0.39, 0.29) is 0 Å². The maximum Gasteiger partial charge on any atom is 0.323 e. The molecule has 2 N–H and O–H groups in total. The molecule has 1 atom stereocenters. The number of carboxylic acid groups (broad SMARTS) is 1. The molecule has 6 nitrogen and oxygen atoms in total. The lowest BCUT2D eigenvalue weighted by atomic mass is 9.95. The van der Waals surface area contributed by atoms with Gasteiger partial charge in [0.15, 0.2) is 5.16 Å². The number of carbonyl (C=O) groups is 1. The van der Waals surface area contributed by atoms with Gasteiger partial charge in [-0.15, -0.1) is 0 Å². The Morgan fingerprint density at radius 2 is 2.33 bits per heavy atom. The summed E-state index contributed by atoms with van der Waals surface area (Å²) in [5, 5.41) is 16.8. The number of nitrogens with one attached hydrogen (secondary N) is 1. The van der Waals surface area contributed by atoms with Crippen LogP contribution in [0.25, 0.3) is 0 Å². The molecule has 7 heteroatoms. The molecule has 0 aliphatic heterocycles. The molecule has 0 saturated heterocycles. The highest BCUT2D eigenvalue weighted by molar-refractivity contribution is 7.99. The zero-order chi connectivity index (χ0) is 13.6. The number of aryl methyl sites for hydroxylation is 1. The first-order valence-corrected chi connectivity index (χ1v) is 6.87. The van der Waals surface area contributed by atoms with Crippen molar-refractivity contribution >= 4 is 17.7 Å². The van der Waals surface area contributed by atoms with Gasteiger partial charge >= 0.3 is 5.97 Å². The highest BCUT2D eigenvalue weighted by Crippen LogP contribution is 2.18. The SMILES string of the molecule is CNC(C)(CCCCSc1ncnn1C)C(=O)O. The fourth-order valence-corrected chi connectivity index (χ4v) is 2.39. The third-order valence-corrected chi connectivity index (χ3v) is 4.12. The van der Waals surface area contributed by atoms with Crippen molar-refractivity contribution in [2.24, 2.45) is 7.05 Å². The van der Waals surface area contributed by atoms with Gasteiger partial charge in [0, 0.05) is 12.8 Å². The Hall–Kier alpha value is -1.08. The van der Waals surface area contributed by atoms with Crippen LogP contribution in [0.15, 0.2) is 11.5 Å². The molecule has 0 saturated carbocycles. The lowest BCUT2D eigenvalue weighted by Crippen LogP contribution is -2.47. The molecule has 0 aliphatic rings. The van der Waals surface area contributed by atoms with Crippen molar-refractivity contribution in [1.82, 2.24) is 20.1 Å². The zero-order valence-electron chi connectivity index (χ0n) is 11.0. The molecule has 0 fully saturated rings. The van der Waals surface area contributed by atoms with Gasteiger partial charge in [0.2, 0.25) is 0 Å². The number of rotatable bonds is 8. The van der Waals surface area contributed by atoms with Crippen molar-refractivity contribution < 1.29 is 9.90 Å². The van der Waals surface area contributed by atoms with Crippen molar-refractivity contribution in [3.05, 3.63) is 6.33 Å². The van der Waals surface area contributed by atoms with Crippen LogP contribution in [0.4, 0.5) is 0 Å². The maximum atomic E-state index is 11.1. The lowest BCUT2D eigenvalue weighted by molar-refractivity contribution is -0.144. The number of likely N-dealkylation sites (N-methyl/N-ethyl adjacent to an activating group) is 1. The molecular weight excluding hydrogens is 252 g/mol. The van der Waals surface area contributed by atoms with E-state index in [0.717, 1.165) is 23.8 Å². The largest absolute Gasteiger partial charge is 0.480 e. The van der Waals surface area contributed by atoms with Crippen LogP contribution in [-0.4, -0.2) is 44.2 Å². The molecule has 1 aromatic heterocycles. The van der Waals surface area contributed by atoms with Gasteiger partial charge in [-0.25, -0.2) is 9.67 Å². The Bertz CT molecular complexity index is 396. The van der Waals surface area contributed by atoms with Crippen molar-refractivity contribution in [1.29, 1.82) is 0 Å². The second-order valence-corrected chi connectivity index (χ2v) is 5.42. The summed E-state index contributed by atoms with van der Waals surface area (Å²) >= 11 is 1.64. The number of unbranched alkanes of at least 4 members (excludes halogenated alkanes) is 1. The molecule has 0 radical (unpaired) electrons. The Labute approximate surface area is 111 Å². The Morgan fingerprint density at radius 1 is 1.61 bits per heavy atom. The van der Waals surface area contributed by atoms with Crippen molar-refractivity contribution in [2.45, 2.75) is 36.9 Å². The van der Waals surface area contributed by atoms with E-state index in [1.165, 1.54) is 6.33 Å². The van der Waals surface area contributed by atoms with E-state index in [1.807, 2.05) is 7.05 Å². The first-order chi connectivity index (χ1) is 8.49. The fraction of sp³-hybridized carbons (Fsp3) is 0.727. The minimum atomic E-state index is -0.824. The molecule has 0 spiro atoms. The normalized spacial score (nSPS) is 14.4. The standard InChI is InChI=1S/C11H20N4O2S/c1-11(12-2,9(16)17)6-4-5-7-18-10-13-8-14-15(10)3/h8,12H,4-7H2,1-3H3,(H,16,17). The van der Waals surface area contributed by atoms with Crippen LogP contribution in [0.2, 0.25) is 0 Å². The van der Waals surface area contributed by atoms with Crippen LogP contribution < -0.4 is 5.32 Å². The number of hydrogen-bond donors (Lipinski definition) is 2. The van der Waals surface area contributed by atoms with Crippen LogP contribution in [-0.2, 0) is 11.8 Å². The summed E-state index contributed by atoms with van der Waals surface area (Å²) in [4.78, 5) is 15.2. The molecule has 0 amide bonds. The second kappa shape index (κ2) is 6.75. The maximum absolute atomic E-state index is 11.1. The molecule has 1 aromatic rings. The van der Waals surface area contributed by atoms with E-state index in [0.29, 0.717) is 6.42 Å². The average molecular weight is 272 g/mol. The minimum absolute atomic E-state index is 0.623. The number of carboxylic acids is 1. The van der Waals surface area contributed by atoms with Gasteiger partial charge in [-0.2, -0.15) is 5.10 Å². The van der Waals surface area contributed by atoms with Crippen LogP contribution in [0.1, 0.15) is 26.2 Å². The summed E-state index contributed by atoms with van der Waals surface area (Å²) in [6.07, 6.45) is 3.99. The van der Waals surface area contributed by atoms with E-state index in [4.69, 9.17) is 5.11 Å². The van der Waals surface area contributed by atoms with E-state index in [2.05, 4.69) is 15.4 Å². The monoisotopic (exact) mass is 272 g/mol. The third kappa shape index (κ3) is 3.99. The zero-order valence-corrected chi connectivity index (χ0v) is 11.8. The van der Waals surface area contributed by atoms with E-state index < -0.39 is 11.5 Å². The summed E-state index contributed by atoms with van der Waals surface area (Å²) in [6.45, 7) is 1.71. The molecular formula is C11H20N4O2S. The number of aromatic nitrogens is 3. The highest BCUT2D eigenvalue weighted by Gasteiger charge is 2.29. The van der Waals surface area contributed by atoms with Crippen LogP contribution in [0.5, 0.6) is 0 Å². The fourth-order valence-electron chi connectivity index (χ4n) is 1.50. The first kappa shape index (κ1) is 15.0. The second-order valence-electron chi connectivity index (χ2n) is 4.36. The Kier molecular flexibility index (Phi) is 5.61. The number of nitrogens with zero attached hydrogens (tertiary/aromatic N) is 3. The Morgan fingerprint density at radius 3 is 2.83 bits per heavy atom. The Balaban J connectivity index is 2.23. The number of hydrogen-bond acceptors (Lipinski definition) is 5. The van der Waals surface area contributed by atoms with E-state index >= 15 is 0 Å². The molecule has 102 valence electrons. The summed E-state index contributed by atoms with van der Waals surface area (Å²) in [6, 6.07) is 0. The summed E-state index contributed by atoms with van der Waals surface area (Å²) in [5.74, 6) is 0.123. The highest BCUT2D eigenvalue weighted by atomic mass is 32.2. The molecule has 0 bridgehead atoms. The summed E-state index contributed by atoms with van der Waals surface area (Å²) in [7, 11) is 3.54. The van der Waals surface area contributed by atoms with Gasteiger partial charge in [-0.05, 0) is 26.8 Å². The van der Waals surface area contributed by atoms with Gasteiger partial charge in [0.05, 0.1) is 0 Å². The molecule has 0 aliphatic carbocycles. The summed E-state index contributed by atoms with van der Waals surface area (Å²) in [5.41, 5.74) is -0.824. The van der Waals surface area contributed by atoms with Crippen LogP contribution in [0, 0.1) is 0 Å². The number of aliphatic carboxylic acids is 1. The summed E-state index contributed by atoms with van der Waals surface area (Å²) < 4.78 is 1.74. The quantitative estimate of drug-likeness (QED) is 0.545. The lowest BCUT2D eigenvalue weighted by Gasteiger charge is -2.23. The third-order valence-electron chi connectivity index (χ3n) is 3.00. The van der Waals surface area contributed by atoms with Crippen molar-refractivity contribution in [3.63, 3.8) is 0 Å². The minimum Gasteiger partial charge on any atom is -0.480 e. The van der Waals surface area contributed by atoms with E-state index in [9.17, 15) is 4.79 Å². The molecule has 1 heterocycles. The van der Waals surface area contributed by atoms with Gasteiger partial charge in [-0.3, -0.25) is 4.79 Å².